The van der Waals surface area contributed by atoms with E-state index in [2.05, 4.69) is 20.7 Å². The van der Waals surface area contributed by atoms with Gasteiger partial charge in [0.25, 0.3) is 15.6 Å². The van der Waals surface area contributed by atoms with Gasteiger partial charge in [-0.3, -0.25) is 9.52 Å². The average Bonchev–Trinajstić information content (AvgIpc) is 2.75. The van der Waals surface area contributed by atoms with Crippen LogP contribution < -0.4 is 10.3 Å². The van der Waals surface area contributed by atoms with Crippen LogP contribution in [0.1, 0.15) is 13.3 Å². The van der Waals surface area contributed by atoms with E-state index in [1.807, 2.05) is 6.92 Å². The number of anilines is 1. The van der Waals surface area contributed by atoms with E-state index in [9.17, 15) is 13.2 Å². The number of sulfonamides is 1. The number of nitrogens with one attached hydrogen (secondary N) is 1. The number of hydrogen-bond donors (Lipinski definition) is 1. The van der Waals surface area contributed by atoms with Crippen molar-refractivity contribution in [3.05, 3.63) is 43.6 Å². The lowest BCUT2D eigenvalue weighted by atomic mass is 10.4. The predicted molar refractivity (Wildman–Crippen MR) is 88.8 cm³/mol. The Bertz CT molecular complexity index is 795. The molecule has 0 aromatic carbocycles. The van der Waals surface area contributed by atoms with Crippen LogP contribution in [0.3, 0.4) is 0 Å². The highest BCUT2D eigenvalue weighted by molar-refractivity contribution is 9.11. The number of rotatable bonds is 5. The van der Waals surface area contributed by atoms with Gasteiger partial charge in [-0.15, -0.1) is 11.3 Å². The molecule has 0 saturated carbocycles. The van der Waals surface area contributed by atoms with Crippen molar-refractivity contribution in [2.45, 2.75) is 24.1 Å². The zero-order valence-electron chi connectivity index (χ0n) is 11.0. The van der Waals surface area contributed by atoms with Gasteiger partial charge in [0.1, 0.15) is 4.21 Å². The van der Waals surface area contributed by atoms with Crippen molar-refractivity contribution in [1.82, 2.24) is 4.57 Å². The quantitative estimate of drug-likeness (QED) is 0.818. The second-order valence-corrected chi connectivity index (χ2v) is 8.93. The molecule has 0 saturated heterocycles. The van der Waals surface area contributed by atoms with Crippen LogP contribution in [0.4, 0.5) is 5.69 Å². The molecule has 21 heavy (non-hydrogen) atoms. The van der Waals surface area contributed by atoms with Gasteiger partial charge in [-0.05, 0) is 34.5 Å². The van der Waals surface area contributed by atoms with Gasteiger partial charge in [-0.25, -0.2) is 8.42 Å². The molecule has 5 nitrogen and oxygen atoms in total. The Kier molecular flexibility index (Phi) is 5.13. The average molecular weight is 412 g/mol. The lowest BCUT2D eigenvalue weighted by molar-refractivity contribution is 0.603. The maximum atomic E-state index is 12.3. The molecule has 0 fully saturated rings. The van der Waals surface area contributed by atoms with Gasteiger partial charge >= 0.3 is 0 Å². The maximum Gasteiger partial charge on any atom is 0.271 e. The largest absolute Gasteiger partial charge is 0.313 e. The molecule has 2 heterocycles. The molecule has 114 valence electrons. The molecule has 0 spiro atoms. The van der Waals surface area contributed by atoms with Crippen molar-refractivity contribution < 1.29 is 8.42 Å². The fraction of sp³-hybridized carbons (Fsp3) is 0.250. The van der Waals surface area contributed by atoms with Crippen molar-refractivity contribution >= 4 is 54.6 Å². The monoisotopic (exact) mass is 410 g/mol. The molecular weight excluding hydrogens is 400 g/mol. The fourth-order valence-corrected chi connectivity index (χ4v) is 5.11. The minimum absolute atomic E-state index is 0.104. The summed E-state index contributed by atoms with van der Waals surface area (Å²) in [4.78, 5) is 11.6. The van der Waals surface area contributed by atoms with Crippen LogP contribution in [-0.2, 0) is 16.6 Å². The summed E-state index contributed by atoms with van der Waals surface area (Å²) in [6.45, 7) is 2.47. The summed E-state index contributed by atoms with van der Waals surface area (Å²) in [7, 11) is -3.72. The fourth-order valence-electron chi connectivity index (χ4n) is 1.67. The molecule has 0 aliphatic rings. The molecule has 0 radical (unpaired) electrons. The van der Waals surface area contributed by atoms with Crippen molar-refractivity contribution in [2.24, 2.45) is 0 Å². The van der Waals surface area contributed by atoms with E-state index in [0.29, 0.717) is 21.0 Å². The van der Waals surface area contributed by atoms with Gasteiger partial charge in [0.05, 0.1) is 14.5 Å². The van der Waals surface area contributed by atoms with Crippen molar-refractivity contribution in [2.75, 3.05) is 4.72 Å². The Morgan fingerprint density at radius 2 is 2.14 bits per heavy atom. The van der Waals surface area contributed by atoms with Crippen LogP contribution >= 0.6 is 38.9 Å². The zero-order chi connectivity index (χ0) is 15.6. The van der Waals surface area contributed by atoms with E-state index < -0.39 is 10.0 Å². The van der Waals surface area contributed by atoms with Gasteiger partial charge in [0.15, 0.2) is 0 Å². The molecule has 9 heteroatoms. The highest BCUT2D eigenvalue weighted by Crippen LogP contribution is 2.35. The lowest BCUT2D eigenvalue weighted by Crippen LogP contribution is -2.20. The molecule has 2 rings (SSSR count). The van der Waals surface area contributed by atoms with Gasteiger partial charge in [-0.1, -0.05) is 18.5 Å². The van der Waals surface area contributed by atoms with Crippen LogP contribution in [0.5, 0.6) is 0 Å². The van der Waals surface area contributed by atoms with Gasteiger partial charge in [0, 0.05) is 18.8 Å². The van der Waals surface area contributed by atoms with E-state index in [0.717, 1.165) is 17.8 Å². The number of thiophene rings is 1. The third-order valence-corrected chi connectivity index (χ3v) is 6.92. The van der Waals surface area contributed by atoms with Crippen LogP contribution in [0, 0.1) is 0 Å². The Hall–Kier alpha value is -0.830. The van der Waals surface area contributed by atoms with E-state index >= 15 is 0 Å². The molecule has 0 atom stereocenters. The van der Waals surface area contributed by atoms with Crippen molar-refractivity contribution in [3.8, 4) is 0 Å². The summed E-state index contributed by atoms with van der Waals surface area (Å²) in [5.41, 5.74) is 0.172. The minimum atomic E-state index is -3.72. The van der Waals surface area contributed by atoms with Crippen LogP contribution in [0.15, 0.2) is 37.2 Å². The molecule has 2 aromatic rings. The topological polar surface area (TPSA) is 68.2 Å². The number of aromatic nitrogens is 1. The van der Waals surface area contributed by atoms with Crippen LogP contribution in [0.2, 0.25) is 5.02 Å². The Morgan fingerprint density at radius 3 is 2.71 bits per heavy atom. The number of aryl methyl sites for hydroxylation is 1. The molecule has 0 aliphatic carbocycles. The summed E-state index contributed by atoms with van der Waals surface area (Å²) in [6, 6.07) is 4.15. The normalized spacial score (nSPS) is 11.6. The predicted octanol–water partition coefficient (Wildman–Crippen LogP) is 3.54. The van der Waals surface area contributed by atoms with Crippen molar-refractivity contribution in [3.63, 3.8) is 0 Å². The summed E-state index contributed by atoms with van der Waals surface area (Å²) in [5.74, 6) is 0. The Balaban J connectivity index is 2.32. The van der Waals surface area contributed by atoms with Gasteiger partial charge in [0.2, 0.25) is 0 Å². The van der Waals surface area contributed by atoms with E-state index in [1.54, 1.807) is 0 Å². The highest BCUT2D eigenvalue weighted by atomic mass is 79.9. The first kappa shape index (κ1) is 16.5. The molecule has 0 amide bonds. The van der Waals surface area contributed by atoms with Crippen LogP contribution in [-0.4, -0.2) is 13.0 Å². The number of nitrogens with zero attached hydrogens (tertiary/aromatic N) is 1. The van der Waals surface area contributed by atoms with Gasteiger partial charge in [-0.2, -0.15) is 0 Å². The molecule has 0 bridgehead atoms. The first-order chi connectivity index (χ1) is 9.83. The van der Waals surface area contributed by atoms with E-state index in [4.69, 9.17) is 11.6 Å². The van der Waals surface area contributed by atoms with Crippen molar-refractivity contribution in [1.29, 1.82) is 0 Å². The minimum Gasteiger partial charge on any atom is -0.313 e. The first-order valence-corrected chi connectivity index (χ1v) is 9.48. The third kappa shape index (κ3) is 3.88. The number of pyridine rings is 1. The Morgan fingerprint density at radius 1 is 1.43 bits per heavy atom. The number of hydrogen-bond acceptors (Lipinski definition) is 4. The number of halogens is 2. The third-order valence-electron chi connectivity index (χ3n) is 2.59. The summed E-state index contributed by atoms with van der Waals surface area (Å²) >= 11 is 10.1. The first-order valence-electron chi connectivity index (χ1n) is 6.01. The lowest BCUT2D eigenvalue weighted by Gasteiger charge is -2.09. The standard InChI is InChI=1S/C12H12BrClN2O3S2/c1-2-5-16-7-8(3-4-10(16)17)15-21(18,19)11-6-9(14)12(13)20-11/h3-4,6-7,15H,2,5H2,1H3. The second-order valence-electron chi connectivity index (χ2n) is 4.24. The zero-order valence-corrected chi connectivity index (χ0v) is 14.9. The molecule has 1 N–H and O–H groups in total. The maximum absolute atomic E-state index is 12.3. The summed E-state index contributed by atoms with van der Waals surface area (Å²) in [5, 5.41) is 0.344. The van der Waals surface area contributed by atoms with Crippen LogP contribution in [0.25, 0.3) is 0 Å². The van der Waals surface area contributed by atoms with E-state index in [-0.39, 0.29) is 9.77 Å². The summed E-state index contributed by atoms with van der Waals surface area (Å²) in [6.07, 6.45) is 2.28. The Labute approximate surface area is 139 Å². The second kappa shape index (κ2) is 6.51. The molecular formula is C12H12BrClN2O3S2. The smallest absolute Gasteiger partial charge is 0.271 e. The summed E-state index contributed by atoms with van der Waals surface area (Å²) < 4.78 is 29.1. The highest BCUT2D eigenvalue weighted by Gasteiger charge is 2.19. The van der Waals surface area contributed by atoms with Gasteiger partial charge < -0.3 is 4.57 Å². The SMILES string of the molecule is CCCn1cc(NS(=O)(=O)c2cc(Cl)c(Br)s2)ccc1=O. The van der Waals surface area contributed by atoms with E-state index in [1.165, 1.54) is 29.0 Å². The molecule has 2 aromatic heterocycles. The molecule has 0 unspecified atom stereocenters. The molecule has 0 aliphatic heterocycles.